The van der Waals surface area contributed by atoms with Crippen LogP contribution in [0.2, 0.25) is 0 Å². The van der Waals surface area contributed by atoms with E-state index in [2.05, 4.69) is 20.0 Å². The van der Waals surface area contributed by atoms with E-state index in [4.69, 9.17) is 4.52 Å². The molecule has 3 heterocycles. The second-order valence-corrected chi connectivity index (χ2v) is 6.41. The first-order valence-corrected chi connectivity index (χ1v) is 8.45. The molecule has 1 aromatic carbocycles. The van der Waals surface area contributed by atoms with E-state index in [1.54, 1.807) is 6.20 Å². The first kappa shape index (κ1) is 15.9. The topological polar surface area (TPSA) is 75.3 Å². The average molecular weight is 336 g/mol. The van der Waals surface area contributed by atoms with Crippen molar-refractivity contribution >= 4 is 0 Å². The maximum Gasteiger partial charge on any atom is 0.244 e. The van der Waals surface area contributed by atoms with Crippen molar-refractivity contribution in [3.63, 3.8) is 0 Å². The summed E-state index contributed by atoms with van der Waals surface area (Å²) < 4.78 is 5.51. The van der Waals surface area contributed by atoms with E-state index in [1.807, 2.05) is 48.7 Å². The van der Waals surface area contributed by atoms with Crippen LogP contribution in [-0.4, -0.2) is 37.8 Å². The van der Waals surface area contributed by atoms with Crippen LogP contribution in [0.4, 0.5) is 0 Å². The van der Waals surface area contributed by atoms with Gasteiger partial charge in [0.1, 0.15) is 0 Å². The van der Waals surface area contributed by atoms with Crippen molar-refractivity contribution in [1.82, 2.24) is 20.0 Å². The summed E-state index contributed by atoms with van der Waals surface area (Å²) in [6.45, 7) is 1.29. The molecule has 0 amide bonds. The fourth-order valence-electron chi connectivity index (χ4n) is 3.29. The predicted molar refractivity (Wildman–Crippen MR) is 91.6 cm³/mol. The highest BCUT2D eigenvalue weighted by Crippen LogP contribution is 2.32. The van der Waals surface area contributed by atoms with Crippen molar-refractivity contribution in [1.29, 1.82) is 0 Å². The molecule has 1 saturated heterocycles. The lowest BCUT2D eigenvalue weighted by molar-refractivity contribution is 0.169. The summed E-state index contributed by atoms with van der Waals surface area (Å²) in [4.78, 5) is 10.9. The Labute approximate surface area is 146 Å². The number of pyridine rings is 1. The van der Waals surface area contributed by atoms with Crippen molar-refractivity contribution < 1.29 is 9.63 Å². The molecule has 4 rings (SSSR count). The second-order valence-electron chi connectivity index (χ2n) is 6.41. The van der Waals surface area contributed by atoms with Gasteiger partial charge in [-0.05, 0) is 23.6 Å². The number of rotatable bonds is 5. The van der Waals surface area contributed by atoms with E-state index in [0.717, 1.165) is 11.1 Å². The van der Waals surface area contributed by atoms with Crippen LogP contribution in [0.3, 0.4) is 0 Å². The van der Waals surface area contributed by atoms with Gasteiger partial charge in [-0.3, -0.25) is 9.88 Å². The van der Waals surface area contributed by atoms with Crippen molar-refractivity contribution in [2.75, 3.05) is 6.54 Å². The van der Waals surface area contributed by atoms with Crippen LogP contribution in [0, 0.1) is 0 Å². The number of likely N-dealkylation sites (tertiary alicyclic amines) is 1. The van der Waals surface area contributed by atoms with Gasteiger partial charge in [-0.1, -0.05) is 41.6 Å². The van der Waals surface area contributed by atoms with E-state index in [-0.39, 0.29) is 12.1 Å². The summed E-state index contributed by atoms with van der Waals surface area (Å²) in [5, 5.41) is 14.2. The largest absolute Gasteiger partial charge is 0.392 e. The Morgan fingerprint density at radius 1 is 1.12 bits per heavy atom. The molecule has 3 aromatic rings. The van der Waals surface area contributed by atoms with Gasteiger partial charge < -0.3 is 9.63 Å². The van der Waals surface area contributed by atoms with Crippen LogP contribution < -0.4 is 0 Å². The molecule has 1 aliphatic heterocycles. The summed E-state index contributed by atoms with van der Waals surface area (Å²) in [7, 11) is 0. The SMILES string of the molecule is O[C@@H]1C[C@@H](c2nc(Cc3ccccc3)no2)N(Cc2cccnc2)C1. The Hall–Kier alpha value is -2.57. The van der Waals surface area contributed by atoms with Gasteiger partial charge in [-0.15, -0.1) is 0 Å². The lowest BCUT2D eigenvalue weighted by atomic mass is 10.1. The minimum absolute atomic E-state index is 0.0628. The van der Waals surface area contributed by atoms with Crippen LogP contribution in [0.5, 0.6) is 0 Å². The minimum Gasteiger partial charge on any atom is -0.392 e. The summed E-state index contributed by atoms with van der Waals surface area (Å²) in [6, 6.07) is 14.0. The summed E-state index contributed by atoms with van der Waals surface area (Å²) >= 11 is 0. The molecule has 0 aliphatic carbocycles. The molecule has 0 spiro atoms. The van der Waals surface area contributed by atoms with Gasteiger partial charge in [0.25, 0.3) is 0 Å². The maximum atomic E-state index is 10.1. The van der Waals surface area contributed by atoms with Gasteiger partial charge in [-0.2, -0.15) is 4.98 Å². The fourth-order valence-corrected chi connectivity index (χ4v) is 3.29. The molecule has 128 valence electrons. The van der Waals surface area contributed by atoms with Crippen LogP contribution in [0.25, 0.3) is 0 Å². The smallest absolute Gasteiger partial charge is 0.244 e. The molecule has 2 atom stereocenters. The molecule has 0 bridgehead atoms. The second kappa shape index (κ2) is 7.13. The third-order valence-electron chi connectivity index (χ3n) is 4.46. The standard InChI is InChI=1S/C19H20N4O2/c24-16-10-17(23(13-16)12-15-7-4-8-20-11-15)19-21-18(22-25-19)9-14-5-2-1-3-6-14/h1-8,11,16-17,24H,9-10,12-13H2/t16-,17+/m1/s1. The van der Waals surface area contributed by atoms with E-state index < -0.39 is 0 Å². The number of aliphatic hydroxyl groups excluding tert-OH is 1. The minimum atomic E-state index is -0.383. The molecule has 0 radical (unpaired) electrons. The van der Waals surface area contributed by atoms with E-state index >= 15 is 0 Å². The molecule has 6 nitrogen and oxygen atoms in total. The van der Waals surface area contributed by atoms with Crippen molar-refractivity contribution in [3.8, 4) is 0 Å². The molecule has 2 aromatic heterocycles. The first-order valence-electron chi connectivity index (χ1n) is 8.45. The molecule has 6 heteroatoms. The number of aromatic nitrogens is 3. The van der Waals surface area contributed by atoms with Gasteiger partial charge in [0, 0.05) is 31.9 Å². The van der Waals surface area contributed by atoms with Gasteiger partial charge in [0.2, 0.25) is 5.89 Å². The van der Waals surface area contributed by atoms with E-state index in [9.17, 15) is 5.11 Å². The predicted octanol–water partition coefficient (Wildman–Crippen LogP) is 2.36. The van der Waals surface area contributed by atoms with Crippen molar-refractivity contribution in [2.45, 2.75) is 31.5 Å². The number of hydrogen-bond donors (Lipinski definition) is 1. The van der Waals surface area contributed by atoms with Gasteiger partial charge >= 0.3 is 0 Å². The molecule has 1 N–H and O–H groups in total. The number of β-amino-alcohol motifs (C(OH)–C–C–N with tert-alkyl or cyclic N) is 1. The average Bonchev–Trinajstić information content (AvgIpc) is 3.23. The van der Waals surface area contributed by atoms with E-state index in [0.29, 0.717) is 37.6 Å². The quantitative estimate of drug-likeness (QED) is 0.771. The molecule has 0 saturated carbocycles. The molecular formula is C19H20N4O2. The van der Waals surface area contributed by atoms with E-state index in [1.165, 1.54) is 0 Å². The zero-order valence-corrected chi connectivity index (χ0v) is 13.8. The molecule has 1 aliphatic rings. The van der Waals surface area contributed by atoms with Gasteiger partial charge in [0.05, 0.1) is 12.1 Å². The molecular weight excluding hydrogens is 316 g/mol. The highest BCUT2D eigenvalue weighted by Gasteiger charge is 2.35. The van der Waals surface area contributed by atoms with Crippen LogP contribution in [-0.2, 0) is 13.0 Å². The summed E-state index contributed by atoms with van der Waals surface area (Å²) in [6.07, 6.45) is 4.46. The fraction of sp³-hybridized carbons (Fsp3) is 0.316. The highest BCUT2D eigenvalue weighted by molar-refractivity contribution is 5.18. The Morgan fingerprint density at radius 3 is 2.76 bits per heavy atom. The Morgan fingerprint density at radius 2 is 1.96 bits per heavy atom. The molecule has 25 heavy (non-hydrogen) atoms. The normalized spacial score (nSPS) is 20.8. The third kappa shape index (κ3) is 3.75. The maximum absolute atomic E-state index is 10.1. The van der Waals surface area contributed by atoms with Crippen LogP contribution in [0.15, 0.2) is 59.4 Å². The molecule has 0 unspecified atom stereocenters. The zero-order valence-electron chi connectivity index (χ0n) is 13.8. The number of benzene rings is 1. The van der Waals surface area contributed by atoms with Crippen LogP contribution in [0.1, 0.15) is 35.3 Å². The first-order chi connectivity index (χ1) is 12.3. The lowest BCUT2D eigenvalue weighted by Gasteiger charge is -2.20. The monoisotopic (exact) mass is 336 g/mol. The number of nitrogens with zero attached hydrogens (tertiary/aromatic N) is 4. The summed E-state index contributed by atoms with van der Waals surface area (Å²) in [5.41, 5.74) is 2.25. The third-order valence-corrected chi connectivity index (χ3v) is 4.46. The van der Waals surface area contributed by atoms with Crippen molar-refractivity contribution in [2.24, 2.45) is 0 Å². The van der Waals surface area contributed by atoms with Gasteiger partial charge in [0.15, 0.2) is 5.82 Å². The summed E-state index contributed by atoms with van der Waals surface area (Å²) in [5.74, 6) is 1.25. The zero-order chi connectivity index (χ0) is 17.1. The van der Waals surface area contributed by atoms with Crippen LogP contribution >= 0.6 is 0 Å². The molecule has 1 fully saturated rings. The van der Waals surface area contributed by atoms with Gasteiger partial charge in [-0.25, -0.2) is 0 Å². The lowest BCUT2D eigenvalue weighted by Crippen LogP contribution is -2.24. The Balaban J connectivity index is 1.49. The number of hydrogen-bond acceptors (Lipinski definition) is 6. The Kier molecular flexibility index (Phi) is 4.54. The Bertz CT molecular complexity index is 807. The highest BCUT2D eigenvalue weighted by atomic mass is 16.5. The number of aliphatic hydroxyl groups is 1. The van der Waals surface area contributed by atoms with Crippen molar-refractivity contribution in [3.05, 3.63) is 77.7 Å².